The summed E-state index contributed by atoms with van der Waals surface area (Å²) in [5, 5.41) is 13.4. The van der Waals surface area contributed by atoms with Gasteiger partial charge in [-0.05, 0) is 71.8 Å². The van der Waals surface area contributed by atoms with Crippen molar-refractivity contribution in [2.75, 3.05) is 19.5 Å². The molecule has 5 nitrogen and oxygen atoms in total. The van der Waals surface area contributed by atoms with Gasteiger partial charge in [-0.25, -0.2) is 4.79 Å². The fourth-order valence-corrected chi connectivity index (χ4v) is 4.46. The van der Waals surface area contributed by atoms with Gasteiger partial charge < -0.3 is 19.9 Å². The number of ether oxygens (including phenoxy) is 2. The van der Waals surface area contributed by atoms with Crippen LogP contribution in [0.3, 0.4) is 0 Å². The third-order valence-electron chi connectivity index (χ3n) is 4.85. The van der Waals surface area contributed by atoms with Crippen LogP contribution in [-0.2, 0) is 4.79 Å². The smallest absolute Gasteiger partial charge is 0.328 e. The first-order valence-corrected chi connectivity index (χ1v) is 10.4. The summed E-state index contributed by atoms with van der Waals surface area (Å²) in [5.41, 5.74) is 3.84. The molecule has 156 valence electrons. The van der Waals surface area contributed by atoms with Crippen molar-refractivity contribution in [1.29, 1.82) is 0 Å². The Balaban J connectivity index is 1.75. The lowest BCUT2D eigenvalue weighted by atomic mass is 10.1. The quantitative estimate of drug-likeness (QED) is 0.330. The Morgan fingerprint density at radius 1 is 0.935 bits per heavy atom. The minimum atomic E-state index is -0.966. The largest absolute Gasteiger partial charge is 0.497 e. The predicted molar refractivity (Wildman–Crippen MR) is 127 cm³/mol. The van der Waals surface area contributed by atoms with Gasteiger partial charge >= 0.3 is 5.97 Å². The standard InChI is InChI=1S/C25H21NO4S/c1-29-19-10-6-17(7-11-19)25-24(21-13-12-20(30-2)15-22(21)31-25)26-18-8-3-16(4-9-18)5-14-23(27)28/h3-15,26H,1-2H3,(H,27,28)/b14-5+. The lowest BCUT2D eigenvalue weighted by molar-refractivity contribution is -0.131. The van der Waals surface area contributed by atoms with Crippen molar-refractivity contribution in [3.05, 3.63) is 78.4 Å². The van der Waals surface area contributed by atoms with E-state index in [0.29, 0.717) is 0 Å². The monoisotopic (exact) mass is 431 g/mol. The van der Waals surface area contributed by atoms with Crippen LogP contribution in [0.15, 0.2) is 72.8 Å². The summed E-state index contributed by atoms with van der Waals surface area (Å²) < 4.78 is 11.8. The maximum Gasteiger partial charge on any atom is 0.328 e. The van der Waals surface area contributed by atoms with E-state index in [0.717, 1.165) is 55.0 Å². The molecular formula is C25H21NO4S. The van der Waals surface area contributed by atoms with E-state index in [1.54, 1.807) is 31.6 Å². The fraction of sp³-hybridized carbons (Fsp3) is 0.0800. The van der Waals surface area contributed by atoms with Gasteiger partial charge in [-0.2, -0.15) is 0 Å². The number of nitrogens with one attached hydrogen (secondary N) is 1. The van der Waals surface area contributed by atoms with E-state index in [4.69, 9.17) is 14.6 Å². The molecule has 0 aliphatic heterocycles. The number of hydrogen-bond donors (Lipinski definition) is 2. The molecule has 0 spiro atoms. The van der Waals surface area contributed by atoms with Crippen LogP contribution in [0.2, 0.25) is 0 Å². The molecule has 4 aromatic rings. The van der Waals surface area contributed by atoms with Crippen molar-refractivity contribution in [3.8, 4) is 21.9 Å². The molecule has 0 unspecified atom stereocenters. The van der Waals surface area contributed by atoms with Crippen molar-refractivity contribution < 1.29 is 19.4 Å². The Morgan fingerprint density at radius 2 is 1.61 bits per heavy atom. The van der Waals surface area contributed by atoms with Gasteiger partial charge in [-0.1, -0.05) is 12.1 Å². The summed E-state index contributed by atoms with van der Waals surface area (Å²) in [6.45, 7) is 0. The highest BCUT2D eigenvalue weighted by Crippen LogP contribution is 2.45. The first-order valence-electron chi connectivity index (χ1n) is 9.60. The number of aliphatic carboxylic acids is 1. The average molecular weight is 432 g/mol. The van der Waals surface area contributed by atoms with Crippen molar-refractivity contribution in [3.63, 3.8) is 0 Å². The average Bonchev–Trinajstić information content (AvgIpc) is 3.16. The molecule has 0 saturated heterocycles. The summed E-state index contributed by atoms with van der Waals surface area (Å²) in [4.78, 5) is 11.8. The summed E-state index contributed by atoms with van der Waals surface area (Å²) in [7, 11) is 3.32. The van der Waals surface area contributed by atoms with E-state index >= 15 is 0 Å². The molecule has 6 heteroatoms. The van der Waals surface area contributed by atoms with Gasteiger partial charge in [0, 0.05) is 21.8 Å². The van der Waals surface area contributed by atoms with E-state index in [9.17, 15) is 4.79 Å². The Bertz CT molecular complexity index is 1240. The number of carbonyl (C=O) groups is 1. The first kappa shape index (κ1) is 20.5. The number of carboxylic acids is 1. The van der Waals surface area contributed by atoms with Crippen LogP contribution in [0.25, 0.3) is 26.6 Å². The maximum atomic E-state index is 10.7. The highest BCUT2D eigenvalue weighted by molar-refractivity contribution is 7.23. The molecule has 4 rings (SSSR count). The Kier molecular flexibility index (Phi) is 5.91. The van der Waals surface area contributed by atoms with E-state index < -0.39 is 5.97 Å². The number of hydrogen-bond acceptors (Lipinski definition) is 5. The molecule has 0 saturated carbocycles. The van der Waals surface area contributed by atoms with Crippen LogP contribution in [0.5, 0.6) is 11.5 Å². The number of thiophene rings is 1. The van der Waals surface area contributed by atoms with Crippen LogP contribution in [0, 0.1) is 0 Å². The van der Waals surface area contributed by atoms with E-state index in [2.05, 4.69) is 11.4 Å². The highest BCUT2D eigenvalue weighted by Gasteiger charge is 2.15. The molecule has 0 amide bonds. The van der Waals surface area contributed by atoms with Gasteiger partial charge in [-0.3, -0.25) is 0 Å². The molecule has 2 N–H and O–H groups in total. The van der Waals surface area contributed by atoms with Crippen molar-refractivity contribution >= 4 is 44.8 Å². The van der Waals surface area contributed by atoms with Crippen molar-refractivity contribution in [2.24, 2.45) is 0 Å². The number of benzene rings is 3. The second-order valence-electron chi connectivity index (χ2n) is 6.82. The number of rotatable bonds is 7. The molecule has 0 fully saturated rings. The Hall–Kier alpha value is -3.77. The number of carboxylic acid groups (broad SMARTS) is 1. The van der Waals surface area contributed by atoms with Gasteiger partial charge in [0.2, 0.25) is 0 Å². The van der Waals surface area contributed by atoms with Crippen LogP contribution in [0.1, 0.15) is 5.56 Å². The lowest BCUT2D eigenvalue weighted by Gasteiger charge is -2.10. The summed E-state index contributed by atoms with van der Waals surface area (Å²) >= 11 is 1.69. The predicted octanol–water partition coefficient (Wildman–Crippen LogP) is 6.43. The molecule has 1 heterocycles. The Morgan fingerprint density at radius 3 is 2.26 bits per heavy atom. The number of anilines is 2. The van der Waals surface area contributed by atoms with Gasteiger partial charge in [0.05, 0.1) is 24.8 Å². The first-order chi connectivity index (χ1) is 15.1. The molecule has 0 radical (unpaired) electrons. The van der Waals surface area contributed by atoms with Gasteiger partial charge in [0.1, 0.15) is 11.5 Å². The van der Waals surface area contributed by atoms with E-state index in [1.807, 2.05) is 60.7 Å². The van der Waals surface area contributed by atoms with Crippen molar-refractivity contribution in [1.82, 2.24) is 0 Å². The third-order valence-corrected chi connectivity index (χ3v) is 6.05. The van der Waals surface area contributed by atoms with Crippen molar-refractivity contribution in [2.45, 2.75) is 0 Å². The van der Waals surface area contributed by atoms with Gasteiger partial charge in [-0.15, -0.1) is 11.3 Å². The van der Waals surface area contributed by atoms with E-state index in [1.165, 1.54) is 0 Å². The zero-order valence-electron chi connectivity index (χ0n) is 17.1. The highest BCUT2D eigenvalue weighted by atomic mass is 32.1. The molecule has 0 aliphatic rings. The molecule has 0 bridgehead atoms. The minimum Gasteiger partial charge on any atom is -0.497 e. The van der Waals surface area contributed by atoms with Crippen LogP contribution in [0.4, 0.5) is 11.4 Å². The molecule has 3 aromatic carbocycles. The fourth-order valence-electron chi connectivity index (χ4n) is 3.26. The second-order valence-corrected chi connectivity index (χ2v) is 7.87. The zero-order valence-corrected chi connectivity index (χ0v) is 17.9. The maximum absolute atomic E-state index is 10.7. The van der Waals surface area contributed by atoms with E-state index in [-0.39, 0.29) is 0 Å². The van der Waals surface area contributed by atoms with Crippen LogP contribution < -0.4 is 14.8 Å². The molecular weight excluding hydrogens is 410 g/mol. The molecule has 1 aromatic heterocycles. The summed E-state index contributed by atoms with van der Waals surface area (Å²) in [6, 6.07) is 21.7. The molecule has 31 heavy (non-hydrogen) atoms. The summed E-state index contributed by atoms with van der Waals surface area (Å²) in [5.74, 6) is 0.661. The molecule has 0 aliphatic carbocycles. The topological polar surface area (TPSA) is 67.8 Å². The third kappa shape index (κ3) is 4.54. The SMILES string of the molecule is COc1ccc(-c2sc3cc(OC)ccc3c2Nc2ccc(/C=C/C(=O)O)cc2)cc1. The minimum absolute atomic E-state index is 0.811. The van der Waals surface area contributed by atoms with Gasteiger partial charge in [0.25, 0.3) is 0 Å². The molecule has 0 atom stereocenters. The number of methoxy groups -OCH3 is 2. The van der Waals surface area contributed by atoms with Gasteiger partial charge in [0.15, 0.2) is 0 Å². The van der Waals surface area contributed by atoms with Crippen LogP contribution >= 0.6 is 11.3 Å². The number of fused-ring (bicyclic) bond motifs is 1. The van der Waals surface area contributed by atoms with Crippen LogP contribution in [-0.4, -0.2) is 25.3 Å². The summed E-state index contributed by atoms with van der Waals surface area (Å²) in [6.07, 6.45) is 2.70. The normalized spacial score (nSPS) is 11.0. The lowest BCUT2D eigenvalue weighted by Crippen LogP contribution is -1.92. The Labute approximate surface area is 184 Å². The zero-order chi connectivity index (χ0) is 21.8. The second kappa shape index (κ2) is 8.93.